The summed E-state index contributed by atoms with van der Waals surface area (Å²) in [6.07, 6.45) is 5.20. The van der Waals surface area contributed by atoms with E-state index in [9.17, 15) is 4.39 Å². The Labute approximate surface area is 126 Å². The first kappa shape index (κ1) is 14.8. The molecule has 2 aliphatic rings. The van der Waals surface area contributed by atoms with Crippen LogP contribution in [0.1, 0.15) is 44.2 Å². The Morgan fingerprint density at radius 3 is 2.95 bits per heavy atom. The zero-order chi connectivity index (χ0) is 14.8. The minimum Gasteiger partial charge on any atom is -0.494 e. The number of halogens is 1. The minimum absolute atomic E-state index is 0.214. The van der Waals surface area contributed by atoms with Gasteiger partial charge in [-0.3, -0.25) is 4.90 Å². The Kier molecular flexibility index (Phi) is 4.45. The summed E-state index contributed by atoms with van der Waals surface area (Å²) < 4.78 is 18.6. The third-order valence-electron chi connectivity index (χ3n) is 5.00. The fourth-order valence-corrected chi connectivity index (χ4v) is 3.80. The summed E-state index contributed by atoms with van der Waals surface area (Å²) in [6.45, 7) is 4.61. The number of hydrogen-bond acceptors (Lipinski definition) is 3. The van der Waals surface area contributed by atoms with Crippen molar-refractivity contribution >= 4 is 0 Å². The Balaban J connectivity index is 1.67. The van der Waals surface area contributed by atoms with E-state index in [0.29, 0.717) is 17.8 Å². The van der Waals surface area contributed by atoms with Crippen LogP contribution in [-0.4, -0.2) is 37.2 Å². The van der Waals surface area contributed by atoms with E-state index in [0.717, 1.165) is 5.56 Å². The van der Waals surface area contributed by atoms with E-state index >= 15 is 0 Å². The van der Waals surface area contributed by atoms with Crippen molar-refractivity contribution in [2.75, 3.05) is 20.2 Å². The van der Waals surface area contributed by atoms with Crippen molar-refractivity contribution in [2.45, 2.75) is 50.7 Å². The third-order valence-corrected chi connectivity index (χ3v) is 5.00. The molecule has 0 bridgehead atoms. The Morgan fingerprint density at radius 2 is 2.14 bits per heavy atom. The molecule has 3 unspecified atom stereocenters. The molecule has 0 radical (unpaired) electrons. The van der Waals surface area contributed by atoms with E-state index in [1.54, 1.807) is 6.07 Å². The average molecular weight is 292 g/mol. The maximum Gasteiger partial charge on any atom is 0.165 e. The summed E-state index contributed by atoms with van der Waals surface area (Å²) in [7, 11) is 1.51. The number of nitrogens with one attached hydrogen (secondary N) is 1. The van der Waals surface area contributed by atoms with Gasteiger partial charge in [-0.1, -0.05) is 12.5 Å². The molecule has 0 aromatic heterocycles. The van der Waals surface area contributed by atoms with E-state index in [-0.39, 0.29) is 11.9 Å². The lowest BCUT2D eigenvalue weighted by molar-refractivity contribution is 0.177. The highest BCUT2D eigenvalue weighted by Crippen LogP contribution is 2.29. The lowest BCUT2D eigenvalue weighted by atomic mass is 9.97. The largest absolute Gasteiger partial charge is 0.494 e. The van der Waals surface area contributed by atoms with Gasteiger partial charge in [0.15, 0.2) is 11.6 Å². The van der Waals surface area contributed by atoms with Gasteiger partial charge in [0.05, 0.1) is 7.11 Å². The van der Waals surface area contributed by atoms with Crippen LogP contribution in [0.15, 0.2) is 18.2 Å². The lowest BCUT2D eigenvalue weighted by Crippen LogP contribution is -2.45. The molecule has 0 spiro atoms. The molecule has 2 fully saturated rings. The number of rotatable bonds is 4. The Morgan fingerprint density at radius 1 is 1.29 bits per heavy atom. The molecule has 21 heavy (non-hydrogen) atoms. The van der Waals surface area contributed by atoms with Crippen LogP contribution in [0.5, 0.6) is 5.75 Å². The molecule has 3 nitrogen and oxygen atoms in total. The van der Waals surface area contributed by atoms with Crippen molar-refractivity contribution < 1.29 is 9.13 Å². The molecule has 2 saturated heterocycles. The van der Waals surface area contributed by atoms with Crippen LogP contribution in [0, 0.1) is 5.82 Å². The van der Waals surface area contributed by atoms with E-state index in [1.807, 2.05) is 6.07 Å². The Bertz CT molecular complexity index is 494. The van der Waals surface area contributed by atoms with Gasteiger partial charge in [0.25, 0.3) is 0 Å². The summed E-state index contributed by atoms with van der Waals surface area (Å²) in [4.78, 5) is 2.62. The highest BCUT2D eigenvalue weighted by Gasteiger charge is 2.35. The van der Waals surface area contributed by atoms with Crippen LogP contribution in [-0.2, 0) is 0 Å². The molecular formula is C17H25FN2O. The number of methoxy groups -OCH3 is 1. The van der Waals surface area contributed by atoms with Gasteiger partial charge >= 0.3 is 0 Å². The second-order valence-electron chi connectivity index (χ2n) is 6.28. The predicted molar refractivity (Wildman–Crippen MR) is 82.1 cm³/mol. The van der Waals surface area contributed by atoms with Crippen molar-refractivity contribution in [3.8, 4) is 5.75 Å². The first-order valence-electron chi connectivity index (χ1n) is 8.02. The van der Waals surface area contributed by atoms with E-state index in [2.05, 4.69) is 17.1 Å². The van der Waals surface area contributed by atoms with Crippen LogP contribution < -0.4 is 10.1 Å². The summed E-state index contributed by atoms with van der Waals surface area (Å²) >= 11 is 0. The fourth-order valence-electron chi connectivity index (χ4n) is 3.80. The molecule has 0 saturated carbocycles. The zero-order valence-corrected chi connectivity index (χ0v) is 12.9. The topological polar surface area (TPSA) is 24.5 Å². The van der Waals surface area contributed by atoms with Gasteiger partial charge in [0.1, 0.15) is 0 Å². The fraction of sp³-hybridized carbons (Fsp3) is 0.647. The highest BCUT2D eigenvalue weighted by atomic mass is 19.1. The van der Waals surface area contributed by atoms with E-state index < -0.39 is 0 Å². The number of ether oxygens (including phenoxy) is 1. The molecule has 1 aromatic rings. The smallest absolute Gasteiger partial charge is 0.165 e. The SMILES string of the molecule is COc1cc(C(C)NC2CCN3CCCCC23)ccc1F. The van der Waals surface area contributed by atoms with Gasteiger partial charge < -0.3 is 10.1 Å². The van der Waals surface area contributed by atoms with Crippen molar-refractivity contribution in [3.05, 3.63) is 29.6 Å². The second-order valence-corrected chi connectivity index (χ2v) is 6.28. The minimum atomic E-state index is -0.298. The first-order chi connectivity index (χ1) is 10.2. The standard InChI is InChI=1S/C17H25FN2O/c1-12(13-6-7-14(18)17(11-13)21-2)19-15-8-10-20-9-4-3-5-16(15)20/h6-7,11-12,15-16,19H,3-5,8-10H2,1-2H3. The van der Waals surface area contributed by atoms with Gasteiger partial charge in [0.2, 0.25) is 0 Å². The number of fused-ring (bicyclic) bond motifs is 1. The van der Waals surface area contributed by atoms with Gasteiger partial charge in [-0.25, -0.2) is 4.39 Å². The molecule has 116 valence electrons. The molecule has 4 heteroatoms. The van der Waals surface area contributed by atoms with Crippen LogP contribution in [0.2, 0.25) is 0 Å². The Hall–Kier alpha value is -1.13. The zero-order valence-electron chi connectivity index (χ0n) is 12.9. The molecule has 0 amide bonds. The quantitative estimate of drug-likeness (QED) is 0.923. The monoisotopic (exact) mass is 292 g/mol. The predicted octanol–water partition coefficient (Wildman–Crippen LogP) is 3.11. The molecule has 0 aliphatic carbocycles. The normalized spacial score (nSPS) is 27.4. The number of piperidine rings is 1. The van der Waals surface area contributed by atoms with Crippen LogP contribution in [0.4, 0.5) is 4.39 Å². The second kappa shape index (κ2) is 6.32. The maximum atomic E-state index is 13.5. The average Bonchev–Trinajstić information content (AvgIpc) is 2.91. The molecule has 2 aliphatic heterocycles. The van der Waals surface area contributed by atoms with Gasteiger partial charge in [-0.15, -0.1) is 0 Å². The number of benzene rings is 1. The third kappa shape index (κ3) is 3.06. The lowest BCUT2D eigenvalue weighted by Gasteiger charge is -2.34. The van der Waals surface area contributed by atoms with Crippen molar-refractivity contribution in [1.82, 2.24) is 10.2 Å². The van der Waals surface area contributed by atoms with Gasteiger partial charge in [-0.05, 0) is 50.4 Å². The molecule has 1 N–H and O–H groups in total. The summed E-state index contributed by atoms with van der Waals surface area (Å²) in [5, 5.41) is 3.75. The molecule has 2 heterocycles. The summed E-state index contributed by atoms with van der Waals surface area (Å²) in [5.41, 5.74) is 1.09. The van der Waals surface area contributed by atoms with E-state index in [1.165, 1.54) is 51.9 Å². The summed E-state index contributed by atoms with van der Waals surface area (Å²) in [5.74, 6) is 0.0274. The van der Waals surface area contributed by atoms with Gasteiger partial charge in [-0.2, -0.15) is 0 Å². The van der Waals surface area contributed by atoms with E-state index in [4.69, 9.17) is 4.74 Å². The number of hydrogen-bond donors (Lipinski definition) is 1. The number of nitrogens with zero attached hydrogens (tertiary/aromatic N) is 1. The molecule has 3 atom stereocenters. The highest BCUT2D eigenvalue weighted by molar-refractivity contribution is 5.32. The van der Waals surface area contributed by atoms with Crippen LogP contribution in [0.25, 0.3) is 0 Å². The van der Waals surface area contributed by atoms with Crippen LogP contribution in [0.3, 0.4) is 0 Å². The molecule has 3 rings (SSSR count). The van der Waals surface area contributed by atoms with Gasteiger partial charge in [0, 0.05) is 24.7 Å². The van der Waals surface area contributed by atoms with Crippen molar-refractivity contribution in [1.29, 1.82) is 0 Å². The van der Waals surface area contributed by atoms with Crippen molar-refractivity contribution in [2.24, 2.45) is 0 Å². The maximum absolute atomic E-state index is 13.5. The van der Waals surface area contributed by atoms with Crippen molar-refractivity contribution in [3.63, 3.8) is 0 Å². The first-order valence-corrected chi connectivity index (χ1v) is 8.02. The van der Waals surface area contributed by atoms with Crippen LogP contribution >= 0.6 is 0 Å². The summed E-state index contributed by atoms with van der Waals surface area (Å²) in [6, 6.07) is 6.60. The molecular weight excluding hydrogens is 267 g/mol. The molecule has 1 aromatic carbocycles.